The van der Waals surface area contributed by atoms with Gasteiger partial charge in [-0.1, -0.05) is 54.1 Å². The van der Waals surface area contributed by atoms with Gasteiger partial charge in [0.25, 0.3) is 6.43 Å². The van der Waals surface area contributed by atoms with Gasteiger partial charge in [0.1, 0.15) is 6.17 Å². The molecule has 0 bridgehead atoms. The Balaban J connectivity index is 1.35. The lowest BCUT2D eigenvalue weighted by Crippen LogP contribution is -2.49. The molecule has 2 aromatic carbocycles. The maximum absolute atomic E-state index is 15.0. The van der Waals surface area contributed by atoms with Crippen LogP contribution in [-0.4, -0.2) is 47.6 Å². The predicted octanol–water partition coefficient (Wildman–Crippen LogP) is 4.86. The van der Waals surface area contributed by atoms with E-state index in [9.17, 15) is 18.0 Å². The molecule has 2 aromatic rings. The quantitative estimate of drug-likeness (QED) is 0.695. The van der Waals surface area contributed by atoms with Gasteiger partial charge in [-0.2, -0.15) is 0 Å². The van der Waals surface area contributed by atoms with Crippen LogP contribution in [0, 0.1) is 6.92 Å². The molecule has 2 fully saturated rings. The Morgan fingerprint density at radius 1 is 1.00 bits per heavy atom. The third-order valence-electron chi connectivity index (χ3n) is 6.39. The molecule has 0 saturated carbocycles. The van der Waals surface area contributed by atoms with Crippen LogP contribution in [-0.2, 0) is 11.3 Å². The third kappa shape index (κ3) is 4.38. The van der Waals surface area contributed by atoms with Gasteiger partial charge in [-0.25, -0.2) is 13.2 Å². The Labute approximate surface area is 175 Å². The number of hydrogen-bond donors (Lipinski definition) is 0. The highest BCUT2D eigenvalue weighted by atomic mass is 19.3. The van der Waals surface area contributed by atoms with E-state index >= 15 is 0 Å². The van der Waals surface area contributed by atoms with Crippen molar-refractivity contribution in [3.63, 3.8) is 0 Å². The van der Waals surface area contributed by atoms with Gasteiger partial charge < -0.3 is 4.90 Å². The number of halogens is 3. The molecule has 2 aliphatic heterocycles. The Hall–Kier alpha value is -2.34. The van der Waals surface area contributed by atoms with E-state index in [4.69, 9.17) is 0 Å². The van der Waals surface area contributed by atoms with Crippen molar-refractivity contribution in [3.8, 4) is 0 Å². The molecule has 6 heteroatoms. The number of benzene rings is 2. The van der Waals surface area contributed by atoms with Crippen molar-refractivity contribution < 1.29 is 18.0 Å². The summed E-state index contributed by atoms with van der Waals surface area (Å²) in [5.41, 5.74) is 3.00. The topological polar surface area (TPSA) is 23.6 Å². The van der Waals surface area contributed by atoms with Crippen molar-refractivity contribution in [2.75, 3.05) is 19.6 Å². The van der Waals surface area contributed by atoms with Crippen molar-refractivity contribution >= 4 is 5.91 Å². The van der Waals surface area contributed by atoms with E-state index in [2.05, 4.69) is 0 Å². The smallest absolute Gasteiger partial charge is 0.263 e. The summed E-state index contributed by atoms with van der Waals surface area (Å²) in [6, 6.07) is 13.8. The van der Waals surface area contributed by atoms with Crippen LogP contribution in [0.15, 0.2) is 48.5 Å². The van der Waals surface area contributed by atoms with Gasteiger partial charge in [-0.15, -0.1) is 0 Å². The average Bonchev–Trinajstić information content (AvgIpc) is 3.09. The van der Waals surface area contributed by atoms with Gasteiger partial charge in [-0.05, 0) is 37.4 Å². The maximum Gasteiger partial charge on any atom is 0.263 e. The van der Waals surface area contributed by atoms with Gasteiger partial charge in [0, 0.05) is 31.1 Å². The van der Waals surface area contributed by atoms with Crippen LogP contribution in [0.4, 0.5) is 13.2 Å². The van der Waals surface area contributed by atoms with Crippen molar-refractivity contribution in [1.29, 1.82) is 0 Å². The summed E-state index contributed by atoms with van der Waals surface area (Å²) in [6.45, 7) is 3.99. The molecular weight excluding hydrogens is 389 g/mol. The fraction of sp³-hybridized carbons (Fsp3) is 0.458. The van der Waals surface area contributed by atoms with Crippen LogP contribution in [0.1, 0.15) is 47.4 Å². The first-order valence-corrected chi connectivity index (χ1v) is 10.5. The molecule has 0 radical (unpaired) electrons. The molecule has 0 N–H and O–H groups in total. The molecule has 30 heavy (non-hydrogen) atoms. The largest absolute Gasteiger partial charge is 0.337 e. The van der Waals surface area contributed by atoms with Gasteiger partial charge in [0.05, 0.1) is 6.04 Å². The highest BCUT2D eigenvalue weighted by Gasteiger charge is 2.40. The van der Waals surface area contributed by atoms with Crippen LogP contribution in [0.25, 0.3) is 0 Å². The molecule has 1 amide bonds. The molecule has 3 nitrogen and oxygen atoms in total. The minimum atomic E-state index is -2.49. The monoisotopic (exact) mass is 416 g/mol. The van der Waals surface area contributed by atoms with Crippen molar-refractivity contribution in [1.82, 2.24) is 9.80 Å². The van der Waals surface area contributed by atoms with Gasteiger partial charge in [-0.3, -0.25) is 9.69 Å². The third-order valence-corrected chi connectivity index (χ3v) is 6.39. The number of alkyl halides is 3. The maximum atomic E-state index is 15.0. The van der Waals surface area contributed by atoms with E-state index in [0.717, 1.165) is 16.7 Å². The zero-order chi connectivity index (χ0) is 21.3. The summed E-state index contributed by atoms with van der Waals surface area (Å²) in [7, 11) is 0. The molecule has 0 aromatic heterocycles. The zero-order valence-electron chi connectivity index (χ0n) is 17.1. The number of nitrogens with zero attached hydrogens (tertiary/aromatic N) is 2. The summed E-state index contributed by atoms with van der Waals surface area (Å²) < 4.78 is 40.4. The highest BCUT2D eigenvalue weighted by molar-refractivity contribution is 5.84. The number of aryl methyl sites for hydroxylation is 1. The lowest BCUT2D eigenvalue weighted by Gasteiger charge is -2.37. The number of amides is 1. The van der Waals surface area contributed by atoms with E-state index in [1.165, 1.54) is 12.1 Å². The van der Waals surface area contributed by atoms with Crippen LogP contribution in [0.5, 0.6) is 0 Å². The molecule has 2 heterocycles. The summed E-state index contributed by atoms with van der Waals surface area (Å²) in [6.07, 6.45) is -2.11. The molecule has 2 aliphatic rings. The van der Waals surface area contributed by atoms with Crippen LogP contribution < -0.4 is 0 Å². The Morgan fingerprint density at radius 2 is 1.70 bits per heavy atom. The Kier molecular flexibility index (Phi) is 6.14. The minimum absolute atomic E-state index is 0.00826. The Morgan fingerprint density at radius 3 is 2.33 bits per heavy atom. The van der Waals surface area contributed by atoms with E-state index in [-0.39, 0.29) is 30.0 Å². The molecular formula is C24H27F3N2O. The summed E-state index contributed by atoms with van der Waals surface area (Å²) >= 11 is 0. The van der Waals surface area contributed by atoms with E-state index < -0.39 is 12.6 Å². The second kappa shape index (κ2) is 8.80. The molecule has 0 aliphatic carbocycles. The second-order valence-corrected chi connectivity index (χ2v) is 8.42. The van der Waals surface area contributed by atoms with Crippen molar-refractivity contribution in [2.24, 2.45) is 0 Å². The van der Waals surface area contributed by atoms with E-state index in [1.807, 2.05) is 36.1 Å². The summed E-state index contributed by atoms with van der Waals surface area (Å²) in [5.74, 6) is -0.114. The molecule has 160 valence electrons. The van der Waals surface area contributed by atoms with Crippen molar-refractivity contribution in [3.05, 3.63) is 70.8 Å². The Bertz CT molecular complexity index is 869. The first kappa shape index (κ1) is 20.9. The SMILES string of the molecule is Cc1ccc([C@@H]2CCN([C@@H]3CCN(Cc4ccc(C(F)F)cc4)C3=O)C[C@H]2F)cc1. The fourth-order valence-corrected chi connectivity index (χ4v) is 4.61. The van der Waals surface area contributed by atoms with Gasteiger partial charge in [0.2, 0.25) is 5.91 Å². The molecule has 4 rings (SSSR count). The molecule has 0 unspecified atom stereocenters. The predicted molar refractivity (Wildman–Crippen MR) is 110 cm³/mol. The number of likely N-dealkylation sites (tertiary alicyclic amines) is 2. The van der Waals surface area contributed by atoms with E-state index in [1.54, 1.807) is 17.0 Å². The second-order valence-electron chi connectivity index (χ2n) is 8.42. The number of rotatable bonds is 5. The fourth-order valence-electron chi connectivity index (χ4n) is 4.61. The lowest BCUT2D eigenvalue weighted by atomic mass is 9.87. The van der Waals surface area contributed by atoms with Crippen molar-refractivity contribution in [2.45, 2.75) is 50.9 Å². The number of piperidine rings is 1. The van der Waals surface area contributed by atoms with Crippen LogP contribution in [0.3, 0.4) is 0 Å². The number of hydrogen-bond acceptors (Lipinski definition) is 2. The van der Waals surface area contributed by atoms with E-state index in [0.29, 0.717) is 32.5 Å². The highest BCUT2D eigenvalue weighted by Crippen LogP contribution is 2.33. The molecule has 2 saturated heterocycles. The number of carbonyl (C=O) groups is 1. The van der Waals surface area contributed by atoms with Gasteiger partial charge in [0.15, 0.2) is 0 Å². The molecule has 0 spiro atoms. The zero-order valence-corrected chi connectivity index (χ0v) is 17.1. The minimum Gasteiger partial charge on any atom is -0.337 e. The number of carbonyl (C=O) groups excluding carboxylic acids is 1. The standard InChI is InChI=1S/C24H27F3N2O/c1-16-2-6-18(7-3-16)20-10-12-28(15-21(20)25)22-11-13-29(24(22)30)14-17-4-8-19(9-5-17)23(26)27/h2-9,20-23H,10-15H2,1H3/t20-,21+,22+/m0/s1. The average molecular weight is 416 g/mol. The van der Waals surface area contributed by atoms with Gasteiger partial charge >= 0.3 is 0 Å². The molecule has 3 atom stereocenters. The van der Waals surface area contributed by atoms with Crippen LogP contribution in [0.2, 0.25) is 0 Å². The first-order valence-electron chi connectivity index (χ1n) is 10.5. The van der Waals surface area contributed by atoms with Crippen LogP contribution >= 0.6 is 0 Å². The summed E-state index contributed by atoms with van der Waals surface area (Å²) in [4.78, 5) is 16.7. The first-order chi connectivity index (χ1) is 14.4. The normalized spacial score (nSPS) is 25.3. The lowest BCUT2D eigenvalue weighted by molar-refractivity contribution is -0.133. The summed E-state index contributed by atoms with van der Waals surface area (Å²) in [5, 5.41) is 0.